The van der Waals surface area contributed by atoms with Gasteiger partial charge in [0, 0.05) is 16.0 Å². The number of ether oxygens (including phenoxy) is 2. The zero-order valence-corrected chi connectivity index (χ0v) is 23.6. The van der Waals surface area contributed by atoms with Gasteiger partial charge in [-0.05, 0) is 61.2 Å². The highest BCUT2D eigenvalue weighted by Crippen LogP contribution is 2.34. The number of halogens is 1. The molecule has 6 nitrogen and oxygen atoms in total. The first-order chi connectivity index (χ1) is 18.4. The monoisotopic (exact) mass is 573 g/mol. The van der Waals surface area contributed by atoms with Gasteiger partial charge < -0.3 is 9.47 Å². The average molecular weight is 575 g/mol. The maximum atomic E-state index is 13.5. The van der Waals surface area contributed by atoms with Gasteiger partial charge in [0.25, 0.3) is 5.56 Å². The van der Waals surface area contributed by atoms with E-state index in [2.05, 4.69) is 34.5 Å². The number of benzene rings is 3. The molecule has 0 aliphatic carbocycles. The molecule has 0 spiro atoms. The molecule has 0 unspecified atom stereocenters. The van der Waals surface area contributed by atoms with Crippen molar-refractivity contribution in [2.75, 3.05) is 6.61 Å². The van der Waals surface area contributed by atoms with Crippen molar-refractivity contribution in [3.8, 4) is 11.5 Å². The molecule has 3 aromatic carbocycles. The Kier molecular flexibility index (Phi) is 9.13. The van der Waals surface area contributed by atoms with Gasteiger partial charge in [0.05, 0.1) is 23.7 Å². The fourth-order valence-corrected chi connectivity index (χ4v) is 4.49. The minimum atomic E-state index is -0.206. The van der Waals surface area contributed by atoms with Gasteiger partial charge in [0.15, 0.2) is 11.5 Å². The summed E-state index contributed by atoms with van der Waals surface area (Å²) in [6.07, 6.45) is 4.93. The van der Waals surface area contributed by atoms with Crippen LogP contribution in [0.25, 0.3) is 10.9 Å². The Morgan fingerprint density at radius 3 is 2.61 bits per heavy atom. The van der Waals surface area contributed by atoms with Crippen LogP contribution in [0.4, 0.5) is 0 Å². The molecule has 4 rings (SSSR count). The SMILES string of the molecule is C=CCc1cc(C=Nn2c([C@@H](C)CC)nc3ccc(Br)cc3c2=O)cc(OCC)c1OCc1ccccc1. The molecule has 0 aliphatic heterocycles. The van der Waals surface area contributed by atoms with E-state index < -0.39 is 0 Å². The van der Waals surface area contributed by atoms with Crippen LogP contribution < -0.4 is 15.0 Å². The van der Waals surface area contributed by atoms with E-state index in [1.807, 2.05) is 74.5 Å². The summed E-state index contributed by atoms with van der Waals surface area (Å²) in [5.74, 6) is 1.99. The lowest BCUT2D eigenvalue weighted by Gasteiger charge is -2.17. The molecule has 0 bridgehead atoms. The van der Waals surface area contributed by atoms with Gasteiger partial charge in [-0.1, -0.05) is 66.2 Å². The number of hydrogen-bond donors (Lipinski definition) is 0. The van der Waals surface area contributed by atoms with Gasteiger partial charge in [-0.15, -0.1) is 6.58 Å². The lowest BCUT2D eigenvalue weighted by atomic mass is 10.1. The molecule has 4 aromatic rings. The number of allylic oxidation sites excluding steroid dienone is 1. The van der Waals surface area contributed by atoms with Gasteiger partial charge in [0.1, 0.15) is 12.4 Å². The first-order valence-corrected chi connectivity index (χ1v) is 13.6. The van der Waals surface area contributed by atoms with Gasteiger partial charge in [-0.25, -0.2) is 4.98 Å². The molecular formula is C31H32BrN3O3. The Labute approximate surface area is 231 Å². The van der Waals surface area contributed by atoms with Crippen molar-refractivity contribution < 1.29 is 9.47 Å². The normalized spacial score (nSPS) is 12.1. The molecule has 0 N–H and O–H groups in total. The van der Waals surface area contributed by atoms with Crippen LogP contribution in [0.3, 0.4) is 0 Å². The predicted octanol–water partition coefficient (Wildman–Crippen LogP) is 7.26. The Bertz CT molecular complexity index is 1510. The van der Waals surface area contributed by atoms with E-state index in [-0.39, 0.29) is 11.5 Å². The van der Waals surface area contributed by atoms with Gasteiger partial charge in [-0.2, -0.15) is 9.78 Å². The predicted molar refractivity (Wildman–Crippen MR) is 158 cm³/mol. The Hall–Kier alpha value is -3.71. The van der Waals surface area contributed by atoms with Gasteiger partial charge in [-0.3, -0.25) is 4.79 Å². The molecule has 196 valence electrons. The van der Waals surface area contributed by atoms with Gasteiger partial charge >= 0.3 is 0 Å². The van der Waals surface area contributed by atoms with Crippen LogP contribution in [0.5, 0.6) is 11.5 Å². The first kappa shape index (κ1) is 27.3. The molecule has 0 aliphatic rings. The molecule has 1 heterocycles. The number of nitrogens with zero attached hydrogens (tertiary/aromatic N) is 3. The smallest absolute Gasteiger partial charge is 0.282 e. The molecule has 1 aromatic heterocycles. The van der Waals surface area contributed by atoms with E-state index in [1.165, 1.54) is 4.68 Å². The number of hydrogen-bond acceptors (Lipinski definition) is 5. The molecule has 0 amide bonds. The van der Waals surface area contributed by atoms with Crippen LogP contribution in [-0.2, 0) is 13.0 Å². The lowest BCUT2D eigenvalue weighted by molar-refractivity contribution is 0.267. The zero-order chi connectivity index (χ0) is 27.1. The fourth-order valence-electron chi connectivity index (χ4n) is 4.12. The summed E-state index contributed by atoms with van der Waals surface area (Å²) in [7, 11) is 0. The van der Waals surface area contributed by atoms with E-state index in [4.69, 9.17) is 14.5 Å². The highest BCUT2D eigenvalue weighted by molar-refractivity contribution is 9.10. The Morgan fingerprint density at radius 1 is 1.11 bits per heavy atom. The van der Waals surface area contributed by atoms with Crippen LogP contribution in [-0.4, -0.2) is 22.5 Å². The Morgan fingerprint density at radius 2 is 1.89 bits per heavy atom. The van der Waals surface area contributed by atoms with Gasteiger partial charge in [0.2, 0.25) is 0 Å². The molecular weight excluding hydrogens is 542 g/mol. The van der Waals surface area contributed by atoms with E-state index in [0.29, 0.717) is 47.9 Å². The molecule has 1 atom stereocenters. The third kappa shape index (κ3) is 6.22. The second-order valence-corrected chi connectivity index (χ2v) is 9.93. The summed E-state index contributed by atoms with van der Waals surface area (Å²) in [4.78, 5) is 18.3. The van der Waals surface area contributed by atoms with Crippen LogP contribution >= 0.6 is 15.9 Å². The van der Waals surface area contributed by atoms with Crippen molar-refractivity contribution in [3.63, 3.8) is 0 Å². The third-order valence-corrected chi connectivity index (χ3v) is 6.75. The summed E-state index contributed by atoms with van der Waals surface area (Å²) in [5, 5.41) is 5.14. The average Bonchev–Trinajstić information content (AvgIpc) is 2.92. The highest BCUT2D eigenvalue weighted by atomic mass is 79.9. The fraction of sp³-hybridized carbons (Fsp3) is 0.258. The molecule has 38 heavy (non-hydrogen) atoms. The highest BCUT2D eigenvalue weighted by Gasteiger charge is 2.17. The van der Waals surface area contributed by atoms with Crippen molar-refractivity contribution in [1.82, 2.24) is 9.66 Å². The van der Waals surface area contributed by atoms with Crippen LogP contribution in [0.1, 0.15) is 55.6 Å². The van der Waals surface area contributed by atoms with Crippen molar-refractivity contribution in [3.05, 3.63) is 111 Å². The molecule has 0 saturated heterocycles. The van der Waals surface area contributed by atoms with Crippen molar-refractivity contribution in [2.24, 2.45) is 5.10 Å². The van der Waals surface area contributed by atoms with Crippen molar-refractivity contribution in [2.45, 2.75) is 46.1 Å². The van der Waals surface area contributed by atoms with E-state index in [9.17, 15) is 4.79 Å². The zero-order valence-electron chi connectivity index (χ0n) is 22.0. The van der Waals surface area contributed by atoms with Crippen LogP contribution in [0.15, 0.2) is 87.7 Å². The standard InChI is InChI=1S/C31H32BrN3O3/c1-5-11-24-16-23(17-28(37-7-3)29(24)38-20-22-12-9-8-10-13-22)19-33-35-30(21(4)6-2)34-27-15-14-25(32)18-26(27)31(35)36/h5,8-10,12-19,21H,1,6-7,11,20H2,2-4H3/t21-/m0/s1. The lowest BCUT2D eigenvalue weighted by Crippen LogP contribution is -2.23. The minimum Gasteiger partial charge on any atom is -0.490 e. The maximum absolute atomic E-state index is 13.5. The Balaban J connectivity index is 1.78. The second-order valence-electron chi connectivity index (χ2n) is 9.01. The summed E-state index contributed by atoms with van der Waals surface area (Å²) in [6, 6.07) is 19.4. The third-order valence-electron chi connectivity index (χ3n) is 6.25. The second kappa shape index (κ2) is 12.7. The molecule has 7 heteroatoms. The summed E-state index contributed by atoms with van der Waals surface area (Å²) in [5.41, 5.74) is 3.23. The van der Waals surface area contributed by atoms with E-state index >= 15 is 0 Å². The first-order valence-electron chi connectivity index (χ1n) is 12.8. The molecule has 0 fully saturated rings. The summed E-state index contributed by atoms with van der Waals surface area (Å²) in [6.45, 7) is 10.9. The molecule has 0 saturated carbocycles. The number of aromatic nitrogens is 2. The minimum absolute atomic E-state index is 0.0528. The van der Waals surface area contributed by atoms with Crippen LogP contribution in [0, 0.1) is 0 Å². The quantitative estimate of drug-likeness (QED) is 0.140. The maximum Gasteiger partial charge on any atom is 0.282 e. The summed E-state index contributed by atoms with van der Waals surface area (Å²) >= 11 is 3.46. The largest absolute Gasteiger partial charge is 0.490 e. The number of fused-ring (bicyclic) bond motifs is 1. The van der Waals surface area contributed by atoms with Crippen molar-refractivity contribution >= 4 is 33.0 Å². The van der Waals surface area contributed by atoms with Crippen LogP contribution in [0.2, 0.25) is 0 Å². The summed E-state index contributed by atoms with van der Waals surface area (Å²) < 4.78 is 14.4. The van der Waals surface area contributed by atoms with E-state index in [1.54, 1.807) is 12.3 Å². The number of rotatable bonds is 11. The van der Waals surface area contributed by atoms with Crippen molar-refractivity contribution in [1.29, 1.82) is 0 Å². The van der Waals surface area contributed by atoms with E-state index in [0.717, 1.165) is 27.6 Å². The molecule has 0 radical (unpaired) electrons. The topological polar surface area (TPSA) is 65.7 Å².